The van der Waals surface area contributed by atoms with Crippen LogP contribution in [0.15, 0.2) is 24.3 Å². The number of anilines is 1. The first-order valence-electron chi connectivity index (χ1n) is 5.66. The predicted molar refractivity (Wildman–Crippen MR) is 73.8 cm³/mol. The van der Waals surface area contributed by atoms with Gasteiger partial charge in [-0.15, -0.1) is 0 Å². The molecular formula is C12H18N2O4S. The molecule has 7 heteroatoms. The summed E-state index contributed by atoms with van der Waals surface area (Å²) in [4.78, 5) is 11.7. The Hall–Kier alpha value is -1.76. The SMILES string of the molecule is CNC(=O)[C@@H](C)N(c1ccc(OC)cc1)S(C)(=O)=O. The van der Waals surface area contributed by atoms with Crippen molar-refractivity contribution in [2.45, 2.75) is 13.0 Å². The maximum Gasteiger partial charge on any atom is 0.243 e. The Morgan fingerprint density at radius 3 is 2.21 bits per heavy atom. The van der Waals surface area contributed by atoms with Gasteiger partial charge in [0.05, 0.1) is 19.1 Å². The first-order chi connectivity index (χ1) is 8.81. The van der Waals surface area contributed by atoms with Gasteiger partial charge in [0.25, 0.3) is 0 Å². The van der Waals surface area contributed by atoms with Gasteiger partial charge in [0, 0.05) is 7.05 Å². The monoisotopic (exact) mass is 286 g/mol. The minimum Gasteiger partial charge on any atom is -0.497 e. The normalized spacial score (nSPS) is 12.6. The minimum atomic E-state index is -3.56. The second kappa shape index (κ2) is 5.92. The largest absolute Gasteiger partial charge is 0.497 e. The van der Waals surface area contributed by atoms with Crippen LogP contribution in [-0.2, 0) is 14.8 Å². The van der Waals surface area contributed by atoms with E-state index in [1.165, 1.54) is 21.1 Å². The van der Waals surface area contributed by atoms with Gasteiger partial charge in [0.15, 0.2) is 0 Å². The standard InChI is InChI=1S/C12H18N2O4S/c1-9(12(15)13-2)14(19(4,16)17)10-5-7-11(18-3)8-6-10/h5-9H,1-4H3,(H,13,15)/t9-/m1/s1. The zero-order chi connectivity index (χ0) is 14.6. The van der Waals surface area contributed by atoms with Crippen molar-refractivity contribution in [3.63, 3.8) is 0 Å². The highest BCUT2D eigenvalue weighted by Crippen LogP contribution is 2.23. The summed E-state index contributed by atoms with van der Waals surface area (Å²) in [7, 11) is -0.570. The number of methoxy groups -OCH3 is 1. The highest BCUT2D eigenvalue weighted by molar-refractivity contribution is 7.92. The molecule has 0 unspecified atom stereocenters. The van der Waals surface area contributed by atoms with E-state index in [1.807, 2.05) is 0 Å². The molecule has 0 aliphatic rings. The van der Waals surface area contributed by atoms with E-state index in [9.17, 15) is 13.2 Å². The average molecular weight is 286 g/mol. The minimum absolute atomic E-state index is 0.374. The lowest BCUT2D eigenvalue weighted by Gasteiger charge is -2.27. The van der Waals surface area contributed by atoms with Crippen molar-refractivity contribution in [2.75, 3.05) is 24.7 Å². The second-order valence-corrected chi connectivity index (χ2v) is 5.91. The molecule has 0 fully saturated rings. The number of benzene rings is 1. The zero-order valence-corrected chi connectivity index (χ0v) is 12.2. The molecule has 0 saturated heterocycles. The number of likely N-dealkylation sites (N-methyl/N-ethyl adjacent to an activating group) is 1. The molecule has 0 heterocycles. The summed E-state index contributed by atoms with van der Waals surface area (Å²) in [5, 5.41) is 2.44. The van der Waals surface area contributed by atoms with Crippen LogP contribution in [-0.4, -0.2) is 40.8 Å². The van der Waals surface area contributed by atoms with E-state index in [-0.39, 0.29) is 5.91 Å². The molecule has 6 nitrogen and oxygen atoms in total. The van der Waals surface area contributed by atoms with Crippen molar-refractivity contribution in [3.8, 4) is 5.75 Å². The molecule has 0 radical (unpaired) electrons. The molecule has 1 aromatic rings. The van der Waals surface area contributed by atoms with Crippen LogP contribution in [0.2, 0.25) is 0 Å². The average Bonchev–Trinajstić information content (AvgIpc) is 2.37. The molecule has 0 aliphatic heterocycles. The number of amides is 1. The van der Waals surface area contributed by atoms with Gasteiger partial charge >= 0.3 is 0 Å². The highest BCUT2D eigenvalue weighted by Gasteiger charge is 2.28. The smallest absolute Gasteiger partial charge is 0.243 e. The Balaban J connectivity index is 3.21. The fraction of sp³-hybridized carbons (Fsp3) is 0.417. The number of nitrogens with zero attached hydrogens (tertiary/aromatic N) is 1. The van der Waals surface area contributed by atoms with Crippen LogP contribution >= 0.6 is 0 Å². The molecule has 1 rings (SSSR count). The van der Waals surface area contributed by atoms with Crippen LogP contribution in [0, 0.1) is 0 Å². The number of rotatable bonds is 5. The topological polar surface area (TPSA) is 75.7 Å². The van der Waals surface area contributed by atoms with Crippen molar-refractivity contribution >= 4 is 21.6 Å². The fourth-order valence-corrected chi connectivity index (χ4v) is 2.92. The van der Waals surface area contributed by atoms with Crippen LogP contribution in [0.25, 0.3) is 0 Å². The van der Waals surface area contributed by atoms with Crippen molar-refractivity contribution in [2.24, 2.45) is 0 Å². The molecule has 106 valence electrons. The number of nitrogens with one attached hydrogen (secondary N) is 1. The molecule has 0 aliphatic carbocycles. The summed E-state index contributed by atoms with van der Waals surface area (Å²) >= 11 is 0. The van der Waals surface area contributed by atoms with Gasteiger partial charge < -0.3 is 10.1 Å². The van der Waals surface area contributed by atoms with E-state index in [1.54, 1.807) is 24.3 Å². The Labute approximate surface area is 113 Å². The van der Waals surface area contributed by atoms with E-state index in [4.69, 9.17) is 4.74 Å². The highest BCUT2D eigenvalue weighted by atomic mass is 32.2. The number of ether oxygens (including phenoxy) is 1. The quantitative estimate of drug-likeness (QED) is 0.860. The molecule has 0 spiro atoms. The second-order valence-electron chi connectivity index (χ2n) is 4.05. The third-order valence-electron chi connectivity index (χ3n) is 2.66. The summed E-state index contributed by atoms with van der Waals surface area (Å²) < 4.78 is 29.8. The summed E-state index contributed by atoms with van der Waals surface area (Å²) in [6.07, 6.45) is 1.07. The number of hydrogen-bond acceptors (Lipinski definition) is 4. The van der Waals surface area contributed by atoms with Crippen molar-refractivity contribution in [3.05, 3.63) is 24.3 Å². The van der Waals surface area contributed by atoms with E-state index in [2.05, 4.69) is 5.32 Å². The van der Waals surface area contributed by atoms with Crippen LogP contribution in [0.3, 0.4) is 0 Å². The molecule has 19 heavy (non-hydrogen) atoms. The third kappa shape index (κ3) is 3.60. The summed E-state index contributed by atoms with van der Waals surface area (Å²) in [5.41, 5.74) is 0.416. The summed E-state index contributed by atoms with van der Waals surface area (Å²) in [5.74, 6) is 0.242. The van der Waals surface area contributed by atoms with E-state index in [0.717, 1.165) is 10.6 Å². The molecule has 1 N–H and O–H groups in total. The first kappa shape index (κ1) is 15.3. The van der Waals surface area contributed by atoms with Gasteiger partial charge in [-0.25, -0.2) is 8.42 Å². The molecular weight excluding hydrogens is 268 g/mol. The lowest BCUT2D eigenvalue weighted by Crippen LogP contribution is -2.46. The predicted octanol–water partition coefficient (Wildman–Crippen LogP) is 0.596. The maximum atomic E-state index is 11.9. The third-order valence-corrected chi connectivity index (χ3v) is 3.90. The molecule has 1 amide bonds. The lowest BCUT2D eigenvalue weighted by molar-refractivity contribution is -0.121. The van der Waals surface area contributed by atoms with Gasteiger partial charge in [-0.1, -0.05) is 0 Å². The van der Waals surface area contributed by atoms with E-state index >= 15 is 0 Å². The van der Waals surface area contributed by atoms with E-state index in [0.29, 0.717) is 11.4 Å². The molecule has 1 atom stereocenters. The molecule has 0 saturated carbocycles. The Morgan fingerprint density at radius 1 is 1.32 bits per heavy atom. The number of carbonyl (C=O) groups excluding carboxylic acids is 1. The lowest BCUT2D eigenvalue weighted by atomic mass is 10.2. The van der Waals surface area contributed by atoms with Gasteiger partial charge in [-0.2, -0.15) is 0 Å². The number of carbonyl (C=O) groups is 1. The van der Waals surface area contributed by atoms with E-state index < -0.39 is 16.1 Å². The van der Waals surface area contributed by atoms with Gasteiger partial charge in [-0.3, -0.25) is 9.10 Å². The number of hydrogen-bond donors (Lipinski definition) is 1. The fourth-order valence-electron chi connectivity index (χ4n) is 1.75. The van der Waals surface area contributed by atoms with Gasteiger partial charge in [-0.05, 0) is 31.2 Å². The first-order valence-corrected chi connectivity index (χ1v) is 7.51. The van der Waals surface area contributed by atoms with Gasteiger partial charge in [0.1, 0.15) is 11.8 Å². The number of sulfonamides is 1. The molecule has 0 bridgehead atoms. The Bertz CT molecular complexity index is 539. The van der Waals surface area contributed by atoms with Crippen molar-refractivity contribution < 1.29 is 17.9 Å². The zero-order valence-electron chi connectivity index (χ0n) is 11.4. The summed E-state index contributed by atoms with van der Waals surface area (Å²) in [6, 6.07) is 5.65. The van der Waals surface area contributed by atoms with Crippen LogP contribution in [0.5, 0.6) is 5.75 Å². The summed E-state index contributed by atoms with van der Waals surface area (Å²) in [6.45, 7) is 1.53. The van der Waals surface area contributed by atoms with Crippen molar-refractivity contribution in [1.29, 1.82) is 0 Å². The van der Waals surface area contributed by atoms with Crippen LogP contribution < -0.4 is 14.4 Å². The Kier molecular flexibility index (Phi) is 4.77. The van der Waals surface area contributed by atoms with Crippen LogP contribution in [0.1, 0.15) is 6.92 Å². The molecule has 0 aromatic heterocycles. The van der Waals surface area contributed by atoms with Crippen LogP contribution in [0.4, 0.5) is 5.69 Å². The maximum absolute atomic E-state index is 11.9. The molecule has 1 aromatic carbocycles. The Morgan fingerprint density at radius 2 is 1.84 bits per heavy atom. The van der Waals surface area contributed by atoms with Gasteiger partial charge in [0.2, 0.25) is 15.9 Å². The van der Waals surface area contributed by atoms with Crippen molar-refractivity contribution in [1.82, 2.24) is 5.32 Å².